The Labute approximate surface area is 239 Å². The van der Waals surface area contributed by atoms with E-state index in [2.05, 4.69) is 23.6 Å². The smallest absolute Gasteiger partial charge is 0.337 e. The Bertz CT molecular complexity index is 1190. The quantitative estimate of drug-likeness (QED) is 0.298. The van der Waals surface area contributed by atoms with Crippen molar-refractivity contribution in [1.82, 2.24) is 14.7 Å². The lowest BCUT2D eigenvalue weighted by atomic mass is 10.0. The molecule has 1 aromatic rings. The van der Waals surface area contributed by atoms with Gasteiger partial charge in [0.15, 0.2) is 5.11 Å². The van der Waals surface area contributed by atoms with Crippen LogP contribution in [0.4, 0.5) is 18.9 Å². The molecule has 2 amide bonds. The molecule has 1 saturated carbocycles. The van der Waals surface area contributed by atoms with Gasteiger partial charge in [0.1, 0.15) is 5.54 Å². The number of carbonyl (C=O) groups is 2. The van der Waals surface area contributed by atoms with E-state index >= 15 is 0 Å². The first kappa shape index (κ1) is 30.3. The van der Waals surface area contributed by atoms with E-state index in [0.29, 0.717) is 18.5 Å². The Morgan fingerprint density at radius 3 is 2.33 bits per heavy atom. The number of unbranched alkanes of at least 4 members (excludes halogenated alkanes) is 3. The standard InChI is InChI=1S/C29H38F3N5O2S/c1-19-18-35(25(38)21-9-10-21)20(2)17-34(19)13-7-5-6-8-14-36-27(40)37(26(39)28(36,3)4)23-12-11-22(16-33)24(15-23)29(30,31)32/h11-12,15,19-21H,5-10,13-14,17-18H2,1-4H3/t19-,20+/m1/s1. The van der Waals surface area contributed by atoms with Crippen LogP contribution in [0, 0.1) is 17.2 Å². The van der Waals surface area contributed by atoms with Crippen LogP contribution < -0.4 is 4.90 Å². The Morgan fingerprint density at radius 2 is 1.73 bits per heavy atom. The van der Waals surface area contributed by atoms with E-state index in [1.807, 2.05) is 0 Å². The summed E-state index contributed by atoms with van der Waals surface area (Å²) in [5.41, 5.74) is -2.56. The molecule has 11 heteroatoms. The predicted octanol–water partition coefficient (Wildman–Crippen LogP) is 5.18. The summed E-state index contributed by atoms with van der Waals surface area (Å²) in [6.07, 6.45) is 1.09. The van der Waals surface area contributed by atoms with Gasteiger partial charge in [0.05, 0.1) is 22.9 Å². The van der Waals surface area contributed by atoms with E-state index in [0.717, 1.165) is 75.2 Å². The van der Waals surface area contributed by atoms with E-state index in [9.17, 15) is 22.8 Å². The predicted molar refractivity (Wildman–Crippen MR) is 150 cm³/mol. The number of alkyl halides is 3. The highest BCUT2D eigenvalue weighted by Gasteiger charge is 2.49. The van der Waals surface area contributed by atoms with Crippen LogP contribution in [-0.2, 0) is 15.8 Å². The fourth-order valence-corrected chi connectivity index (χ4v) is 6.27. The zero-order valence-electron chi connectivity index (χ0n) is 23.6. The van der Waals surface area contributed by atoms with E-state index < -0.39 is 28.7 Å². The third-order valence-electron chi connectivity index (χ3n) is 8.41. The van der Waals surface area contributed by atoms with Crippen LogP contribution >= 0.6 is 12.2 Å². The lowest BCUT2D eigenvalue weighted by molar-refractivity contribution is -0.139. The lowest BCUT2D eigenvalue weighted by Gasteiger charge is -2.44. The number of piperazine rings is 1. The molecular formula is C29H38F3N5O2S. The van der Waals surface area contributed by atoms with Gasteiger partial charge in [-0.15, -0.1) is 0 Å². The number of hydrogen-bond acceptors (Lipinski definition) is 5. The van der Waals surface area contributed by atoms with Gasteiger partial charge in [0, 0.05) is 37.6 Å². The molecule has 40 heavy (non-hydrogen) atoms. The zero-order chi connectivity index (χ0) is 29.4. The number of thiocarbonyl (C=S) groups is 1. The molecule has 0 spiro atoms. The van der Waals surface area contributed by atoms with Crippen molar-refractivity contribution in [2.45, 2.75) is 90.0 Å². The number of amides is 2. The fraction of sp³-hybridized carbons (Fsp3) is 0.655. The minimum atomic E-state index is -4.72. The van der Waals surface area contributed by atoms with Crippen LogP contribution in [-0.4, -0.2) is 75.4 Å². The molecule has 4 rings (SSSR count). The van der Waals surface area contributed by atoms with Crippen LogP contribution in [0.25, 0.3) is 0 Å². The third kappa shape index (κ3) is 6.13. The topological polar surface area (TPSA) is 70.9 Å². The van der Waals surface area contributed by atoms with Crippen LogP contribution in [0.1, 0.15) is 77.3 Å². The highest BCUT2D eigenvalue weighted by molar-refractivity contribution is 7.80. The van der Waals surface area contributed by atoms with E-state index in [1.165, 1.54) is 6.07 Å². The number of nitriles is 1. The molecule has 1 aliphatic carbocycles. The van der Waals surface area contributed by atoms with Gasteiger partial charge in [-0.3, -0.25) is 19.4 Å². The van der Waals surface area contributed by atoms with Crippen molar-refractivity contribution in [3.63, 3.8) is 0 Å². The molecule has 218 valence electrons. The molecular weight excluding hydrogens is 539 g/mol. The average Bonchev–Trinajstić information content (AvgIpc) is 3.72. The van der Waals surface area contributed by atoms with Gasteiger partial charge in [-0.2, -0.15) is 18.4 Å². The van der Waals surface area contributed by atoms with Gasteiger partial charge < -0.3 is 9.80 Å². The van der Waals surface area contributed by atoms with Crippen LogP contribution in [0.5, 0.6) is 0 Å². The molecule has 2 atom stereocenters. The summed E-state index contributed by atoms with van der Waals surface area (Å²) < 4.78 is 40.6. The first-order chi connectivity index (χ1) is 18.8. The second-order valence-electron chi connectivity index (χ2n) is 11.8. The van der Waals surface area contributed by atoms with Crippen molar-refractivity contribution in [1.29, 1.82) is 5.26 Å². The maximum absolute atomic E-state index is 13.5. The Kier molecular flexibility index (Phi) is 8.81. The van der Waals surface area contributed by atoms with Crippen molar-refractivity contribution in [2.75, 3.05) is 31.1 Å². The highest BCUT2D eigenvalue weighted by Crippen LogP contribution is 2.38. The first-order valence-electron chi connectivity index (χ1n) is 14.1. The number of rotatable bonds is 9. The van der Waals surface area contributed by atoms with Crippen molar-refractivity contribution in [3.05, 3.63) is 29.3 Å². The maximum atomic E-state index is 13.5. The van der Waals surface area contributed by atoms with Crippen molar-refractivity contribution in [3.8, 4) is 6.07 Å². The van der Waals surface area contributed by atoms with Crippen LogP contribution in [0.15, 0.2) is 18.2 Å². The molecule has 3 fully saturated rings. The molecule has 2 saturated heterocycles. The Balaban J connectivity index is 1.28. The minimum Gasteiger partial charge on any atom is -0.337 e. The molecule has 0 unspecified atom stereocenters. The molecule has 3 aliphatic rings. The van der Waals surface area contributed by atoms with E-state index in [4.69, 9.17) is 17.5 Å². The number of benzene rings is 1. The molecule has 1 aromatic carbocycles. The van der Waals surface area contributed by atoms with Gasteiger partial charge >= 0.3 is 6.18 Å². The van der Waals surface area contributed by atoms with Gasteiger partial charge in [-0.05, 0) is 90.3 Å². The normalized spacial score (nSPS) is 23.6. The largest absolute Gasteiger partial charge is 0.417 e. The van der Waals surface area contributed by atoms with E-state index in [-0.39, 0.29) is 22.8 Å². The van der Waals surface area contributed by atoms with Crippen LogP contribution in [0.3, 0.4) is 0 Å². The monoisotopic (exact) mass is 577 g/mol. The first-order valence-corrected chi connectivity index (χ1v) is 14.5. The zero-order valence-corrected chi connectivity index (χ0v) is 24.4. The molecule has 2 aliphatic heterocycles. The Morgan fingerprint density at radius 1 is 1.07 bits per heavy atom. The minimum absolute atomic E-state index is 0.0131. The van der Waals surface area contributed by atoms with Gasteiger partial charge in [-0.25, -0.2) is 0 Å². The molecule has 0 aromatic heterocycles. The van der Waals surface area contributed by atoms with E-state index in [1.54, 1.807) is 24.8 Å². The van der Waals surface area contributed by atoms with Gasteiger partial charge in [0.2, 0.25) is 5.91 Å². The molecule has 0 N–H and O–H groups in total. The van der Waals surface area contributed by atoms with Crippen molar-refractivity contribution < 1.29 is 22.8 Å². The van der Waals surface area contributed by atoms with Crippen LogP contribution in [0.2, 0.25) is 0 Å². The summed E-state index contributed by atoms with van der Waals surface area (Å²) in [5, 5.41) is 9.27. The molecule has 7 nitrogen and oxygen atoms in total. The average molecular weight is 578 g/mol. The summed E-state index contributed by atoms with van der Waals surface area (Å²) in [6.45, 7) is 10.9. The number of halogens is 3. The van der Waals surface area contributed by atoms with Gasteiger partial charge in [0.25, 0.3) is 5.91 Å². The van der Waals surface area contributed by atoms with Crippen molar-refractivity contribution in [2.24, 2.45) is 5.92 Å². The molecule has 0 bridgehead atoms. The number of carbonyl (C=O) groups excluding carboxylic acids is 2. The summed E-state index contributed by atoms with van der Waals surface area (Å²) in [5.74, 6) is 0.176. The lowest BCUT2D eigenvalue weighted by Crippen LogP contribution is -2.58. The molecule has 2 heterocycles. The highest BCUT2D eigenvalue weighted by atomic mass is 32.1. The van der Waals surface area contributed by atoms with Crippen molar-refractivity contribution >= 4 is 34.8 Å². The fourth-order valence-electron chi connectivity index (χ4n) is 5.76. The number of hydrogen-bond donors (Lipinski definition) is 0. The second kappa shape index (κ2) is 11.6. The summed E-state index contributed by atoms with van der Waals surface area (Å²) in [4.78, 5) is 33.3. The SMILES string of the molecule is C[C@@H]1CN(C(=O)C2CC2)[C@@H](C)CN1CCCCCCN1C(=S)N(c2ccc(C#N)c(C(F)(F)F)c2)C(=O)C1(C)C. The van der Waals surface area contributed by atoms with Gasteiger partial charge in [-0.1, -0.05) is 12.8 Å². The Hall–Kier alpha value is -2.71. The summed E-state index contributed by atoms with van der Waals surface area (Å²) in [6, 6.07) is 5.36. The summed E-state index contributed by atoms with van der Waals surface area (Å²) >= 11 is 5.58. The molecule has 0 radical (unpaired) electrons. The second-order valence-corrected chi connectivity index (χ2v) is 12.2. The number of anilines is 1. The third-order valence-corrected chi connectivity index (χ3v) is 8.82. The maximum Gasteiger partial charge on any atom is 0.417 e. The number of nitrogens with zero attached hydrogens (tertiary/aromatic N) is 5. The summed E-state index contributed by atoms with van der Waals surface area (Å²) in [7, 11) is 0.